The summed E-state index contributed by atoms with van der Waals surface area (Å²) in [4.78, 5) is 34.1. The number of phenols is 1. The van der Waals surface area contributed by atoms with Gasteiger partial charge in [-0.05, 0) is 66.7 Å². The fraction of sp³-hybridized carbons (Fsp3) is 0.189. The number of nitrogens with zero attached hydrogens (tertiary/aromatic N) is 4. The molecule has 11 nitrogen and oxygen atoms in total. The minimum Gasteiger partial charge on any atom is -0.507 e. The van der Waals surface area contributed by atoms with Crippen LogP contribution in [0.1, 0.15) is 16.8 Å². The van der Waals surface area contributed by atoms with Gasteiger partial charge in [0, 0.05) is 87.3 Å². The van der Waals surface area contributed by atoms with E-state index in [1.54, 1.807) is 65.9 Å². The van der Waals surface area contributed by atoms with Gasteiger partial charge in [0.1, 0.15) is 23.1 Å². The molecule has 4 aromatic carbocycles. The summed E-state index contributed by atoms with van der Waals surface area (Å²) >= 11 is 19.7. The molecule has 1 aliphatic heterocycles. The number of halogens is 4. The van der Waals surface area contributed by atoms with Crippen molar-refractivity contribution in [3.8, 4) is 22.1 Å². The number of rotatable bonds is 12. The van der Waals surface area contributed by atoms with E-state index in [9.17, 15) is 14.7 Å². The van der Waals surface area contributed by atoms with E-state index in [1.165, 1.54) is 12.3 Å². The first-order valence-electron chi connectivity index (χ1n) is 16.2. The van der Waals surface area contributed by atoms with Crippen LogP contribution in [0.2, 0.25) is 15.1 Å². The van der Waals surface area contributed by atoms with Crippen molar-refractivity contribution in [3.05, 3.63) is 122 Å². The number of ether oxygens (including phenoxy) is 1. The Bertz CT molecular complexity index is 2060. The molecule has 16 heteroatoms. The molecule has 0 spiro atoms. The van der Waals surface area contributed by atoms with Crippen LogP contribution in [-0.4, -0.2) is 70.8 Å². The van der Waals surface area contributed by atoms with Gasteiger partial charge in [0.25, 0.3) is 5.91 Å². The first-order chi connectivity index (χ1) is 25.2. The standard InChI is InChI=1S/C37H34Cl3N7O4S.ClH/c38-27-2-1-3-30(16-27)44-37(50)43-29-9-5-24(6-10-29)36-42-31(23-52-36)20-46-12-14-47(15-13-46)21-35(49)45-41-19-25-7-11-32(18-34(25)48)51-22-26-4-8-28(39)17-33(26)40;/h1-11,16-19,23,48H,12-15,20-22H2,(H,45,49)(H2,43,44,50);1H/b41-19+;. The van der Waals surface area contributed by atoms with Crippen molar-refractivity contribution in [1.29, 1.82) is 0 Å². The molecule has 0 aliphatic carbocycles. The Morgan fingerprint density at radius 3 is 2.36 bits per heavy atom. The van der Waals surface area contributed by atoms with Crippen molar-refractivity contribution in [1.82, 2.24) is 20.2 Å². The Labute approximate surface area is 331 Å². The third-order valence-electron chi connectivity index (χ3n) is 8.05. The van der Waals surface area contributed by atoms with Crippen LogP contribution in [0, 0.1) is 0 Å². The molecule has 1 fully saturated rings. The molecule has 276 valence electrons. The van der Waals surface area contributed by atoms with E-state index in [0.29, 0.717) is 44.3 Å². The first-order valence-corrected chi connectivity index (χ1v) is 18.2. The maximum absolute atomic E-state index is 12.6. The molecule has 0 atom stereocenters. The second kappa shape index (κ2) is 19.1. The lowest BCUT2D eigenvalue weighted by atomic mass is 10.2. The van der Waals surface area contributed by atoms with Gasteiger partial charge in [0.15, 0.2) is 0 Å². The molecule has 2 heterocycles. The molecule has 4 N–H and O–H groups in total. The molecule has 1 saturated heterocycles. The molecule has 3 amide bonds. The Balaban J connectivity index is 0.00000541. The summed E-state index contributed by atoms with van der Waals surface area (Å²) < 4.78 is 5.74. The molecular formula is C37H35Cl4N7O4S. The second-order valence-corrected chi connectivity index (χ2v) is 14.0. The van der Waals surface area contributed by atoms with Gasteiger partial charge < -0.3 is 20.5 Å². The van der Waals surface area contributed by atoms with Crippen LogP contribution in [0.3, 0.4) is 0 Å². The van der Waals surface area contributed by atoms with Crippen LogP contribution in [0.4, 0.5) is 16.2 Å². The van der Waals surface area contributed by atoms with Crippen LogP contribution in [-0.2, 0) is 17.9 Å². The van der Waals surface area contributed by atoms with Gasteiger partial charge in [-0.3, -0.25) is 14.6 Å². The number of hydrogen-bond acceptors (Lipinski definition) is 9. The van der Waals surface area contributed by atoms with E-state index >= 15 is 0 Å². The summed E-state index contributed by atoms with van der Waals surface area (Å²) in [6.45, 7) is 4.21. The minimum absolute atomic E-state index is 0. The van der Waals surface area contributed by atoms with Crippen molar-refractivity contribution >= 4 is 88.1 Å². The Morgan fingerprint density at radius 2 is 1.62 bits per heavy atom. The zero-order chi connectivity index (χ0) is 36.5. The molecule has 0 unspecified atom stereocenters. The van der Waals surface area contributed by atoms with Gasteiger partial charge in [-0.2, -0.15) is 5.10 Å². The van der Waals surface area contributed by atoms with Crippen molar-refractivity contribution in [3.63, 3.8) is 0 Å². The highest BCUT2D eigenvalue weighted by molar-refractivity contribution is 7.13. The number of thiazole rings is 1. The lowest BCUT2D eigenvalue weighted by molar-refractivity contribution is -0.122. The van der Waals surface area contributed by atoms with Crippen LogP contribution in [0.25, 0.3) is 10.6 Å². The molecule has 0 bridgehead atoms. The third-order valence-corrected chi connectivity index (χ3v) is 9.81. The number of hydrogen-bond donors (Lipinski definition) is 4. The molecule has 1 aliphatic rings. The molecule has 53 heavy (non-hydrogen) atoms. The normalized spacial score (nSPS) is 13.3. The monoisotopic (exact) mass is 813 g/mol. The molecular weight excluding hydrogens is 780 g/mol. The number of amides is 3. The van der Waals surface area contributed by atoms with E-state index < -0.39 is 0 Å². The number of hydrazone groups is 1. The first kappa shape index (κ1) is 39.8. The number of urea groups is 1. The zero-order valence-corrected chi connectivity index (χ0v) is 32.0. The van der Waals surface area contributed by atoms with E-state index in [4.69, 9.17) is 44.5 Å². The van der Waals surface area contributed by atoms with Crippen LogP contribution in [0.5, 0.6) is 11.5 Å². The smallest absolute Gasteiger partial charge is 0.323 e. The number of anilines is 2. The second-order valence-electron chi connectivity index (χ2n) is 11.9. The summed E-state index contributed by atoms with van der Waals surface area (Å²) in [7, 11) is 0. The average molecular weight is 816 g/mol. The summed E-state index contributed by atoms with van der Waals surface area (Å²) in [5.74, 6) is 0.178. The molecule has 6 rings (SSSR count). The lowest BCUT2D eigenvalue weighted by Crippen LogP contribution is -2.48. The summed E-state index contributed by atoms with van der Waals surface area (Å²) in [6, 6.07) is 24.1. The highest BCUT2D eigenvalue weighted by Crippen LogP contribution is 2.27. The maximum Gasteiger partial charge on any atom is 0.323 e. The Morgan fingerprint density at radius 1 is 0.887 bits per heavy atom. The van der Waals surface area contributed by atoms with E-state index in [1.807, 2.05) is 24.3 Å². The van der Waals surface area contributed by atoms with Gasteiger partial charge in [-0.25, -0.2) is 15.2 Å². The molecule has 1 aromatic heterocycles. The van der Waals surface area contributed by atoms with Gasteiger partial charge >= 0.3 is 6.03 Å². The Kier molecular flexibility index (Phi) is 14.3. The fourth-order valence-electron chi connectivity index (χ4n) is 5.34. The van der Waals surface area contributed by atoms with Crippen molar-refractivity contribution in [2.75, 3.05) is 43.4 Å². The van der Waals surface area contributed by atoms with Gasteiger partial charge in [0.2, 0.25) is 0 Å². The van der Waals surface area contributed by atoms with Gasteiger partial charge in [0.05, 0.1) is 18.5 Å². The van der Waals surface area contributed by atoms with E-state index in [-0.39, 0.29) is 43.2 Å². The topological polar surface area (TPSA) is 131 Å². The van der Waals surface area contributed by atoms with E-state index in [2.05, 4.69) is 36.3 Å². The SMILES string of the molecule is Cl.O=C(CN1CCN(Cc2csc(-c3ccc(NC(=O)Nc4cccc(Cl)c4)cc3)n2)CC1)N/N=C/c1ccc(OCc2ccc(Cl)cc2Cl)cc1O. The number of benzene rings is 4. The van der Waals surface area contributed by atoms with Gasteiger partial charge in [-0.15, -0.1) is 23.7 Å². The highest BCUT2D eigenvalue weighted by atomic mass is 35.5. The third kappa shape index (κ3) is 11.8. The number of nitrogens with one attached hydrogen (secondary N) is 3. The highest BCUT2D eigenvalue weighted by Gasteiger charge is 2.20. The summed E-state index contributed by atoms with van der Waals surface area (Å²) in [5, 5.41) is 24.6. The van der Waals surface area contributed by atoms with Crippen molar-refractivity contribution in [2.24, 2.45) is 5.10 Å². The summed E-state index contributed by atoms with van der Waals surface area (Å²) in [5.41, 5.74) is 6.96. The minimum atomic E-state index is -0.357. The zero-order valence-electron chi connectivity index (χ0n) is 28.1. The van der Waals surface area contributed by atoms with E-state index in [0.717, 1.165) is 48.0 Å². The number of carbonyl (C=O) groups is 2. The molecule has 5 aromatic rings. The number of aromatic hydroxyl groups is 1. The number of phenolic OH excluding ortho intramolecular Hbond substituents is 1. The van der Waals surface area contributed by atoms with Crippen molar-refractivity contribution in [2.45, 2.75) is 13.2 Å². The quantitative estimate of drug-likeness (QED) is 0.0736. The molecule has 0 radical (unpaired) electrons. The largest absolute Gasteiger partial charge is 0.507 e. The van der Waals surface area contributed by atoms with Crippen LogP contribution in [0.15, 0.2) is 95.4 Å². The predicted octanol–water partition coefficient (Wildman–Crippen LogP) is 8.39. The number of carbonyl (C=O) groups excluding carboxylic acids is 2. The van der Waals surface area contributed by atoms with Crippen molar-refractivity contribution < 1.29 is 19.4 Å². The maximum atomic E-state index is 12.6. The lowest BCUT2D eigenvalue weighted by Gasteiger charge is -2.33. The predicted molar refractivity (Wildman–Crippen MR) is 215 cm³/mol. The number of aromatic nitrogens is 1. The van der Waals surface area contributed by atoms with Crippen LogP contribution < -0.4 is 20.8 Å². The Hall–Kier alpha value is -4.40. The fourth-order valence-corrected chi connectivity index (χ4v) is 6.81. The number of piperazine rings is 1. The molecule has 0 saturated carbocycles. The van der Waals surface area contributed by atoms with Gasteiger partial charge in [-0.1, -0.05) is 46.9 Å². The summed E-state index contributed by atoms with van der Waals surface area (Å²) in [6.07, 6.45) is 1.39. The average Bonchev–Trinajstić information content (AvgIpc) is 3.58. The van der Waals surface area contributed by atoms with Crippen LogP contribution >= 0.6 is 58.5 Å².